The number of aliphatic hydroxyl groups excluding tert-OH is 1. The van der Waals surface area contributed by atoms with E-state index in [2.05, 4.69) is 0 Å². The third-order valence-electron chi connectivity index (χ3n) is 3.65. The van der Waals surface area contributed by atoms with E-state index in [1.54, 1.807) is 0 Å². The van der Waals surface area contributed by atoms with Crippen molar-refractivity contribution in [3.8, 4) is 0 Å². The number of aliphatic carboxylic acids is 1. The van der Waals surface area contributed by atoms with Crippen LogP contribution in [-0.4, -0.2) is 53.0 Å². The molecule has 1 heterocycles. The normalized spacial score (nSPS) is 27.2. The Bertz CT molecular complexity index is 318. The van der Waals surface area contributed by atoms with Crippen molar-refractivity contribution in [2.24, 2.45) is 5.41 Å². The number of β-amino-alcohol motifs (C(OH)–C–C–N with tert-alkyl or cyclic N) is 1. The van der Waals surface area contributed by atoms with Gasteiger partial charge < -0.3 is 10.2 Å². The largest absolute Gasteiger partial charge is 0.481 e. The molecule has 0 spiro atoms. The van der Waals surface area contributed by atoms with Crippen LogP contribution in [0.2, 0.25) is 0 Å². The Hall–Kier alpha value is -0.820. The van der Waals surface area contributed by atoms with Gasteiger partial charge in [0.1, 0.15) is 0 Å². The van der Waals surface area contributed by atoms with E-state index < -0.39 is 30.2 Å². The first-order valence-corrected chi connectivity index (χ1v) is 6.42. The van der Waals surface area contributed by atoms with Gasteiger partial charge >= 0.3 is 12.1 Å². The zero-order valence-corrected chi connectivity index (χ0v) is 10.9. The van der Waals surface area contributed by atoms with Crippen molar-refractivity contribution in [3.05, 3.63) is 0 Å². The molecule has 112 valence electrons. The molecule has 1 saturated heterocycles. The van der Waals surface area contributed by atoms with Crippen molar-refractivity contribution in [1.82, 2.24) is 4.90 Å². The molecule has 0 saturated carbocycles. The molecular formula is C12H20F3NO3. The number of aliphatic hydroxyl groups is 1. The maximum absolute atomic E-state index is 12.3. The molecule has 0 bridgehead atoms. The summed E-state index contributed by atoms with van der Waals surface area (Å²) in [6, 6.07) is 0. The number of nitrogens with zero attached hydrogens (tertiary/aromatic N) is 1. The van der Waals surface area contributed by atoms with Crippen LogP contribution in [0.15, 0.2) is 0 Å². The number of rotatable bonds is 5. The molecular weight excluding hydrogens is 263 g/mol. The summed E-state index contributed by atoms with van der Waals surface area (Å²) in [5, 5.41) is 18.4. The van der Waals surface area contributed by atoms with Gasteiger partial charge in [-0.2, -0.15) is 13.2 Å². The van der Waals surface area contributed by atoms with Gasteiger partial charge in [0.05, 0.1) is 5.41 Å². The Kier molecular flexibility index (Phi) is 5.20. The topological polar surface area (TPSA) is 60.8 Å². The van der Waals surface area contributed by atoms with Crippen molar-refractivity contribution in [1.29, 1.82) is 0 Å². The van der Waals surface area contributed by atoms with Gasteiger partial charge in [-0.15, -0.1) is 0 Å². The lowest BCUT2D eigenvalue weighted by Crippen LogP contribution is -2.51. The van der Waals surface area contributed by atoms with Crippen LogP contribution in [0, 0.1) is 5.41 Å². The summed E-state index contributed by atoms with van der Waals surface area (Å²) < 4.78 is 36.9. The number of carboxylic acid groups (broad SMARTS) is 1. The minimum absolute atomic E-state index is 0.0727. The summed E-state index contributed by atoms with van der Waals surface area (Å²) in [7, 11) is 0. The average molecular weight is 283 g/mol. The zero-order valence-electron chi connectivity index (χ0n) is 10.9. The van der Waals surface area contributed by atoms with Gasteiger partial charge in [-0.3, -0.25) is 9.69 Å². The Labute approximate surface area is 110 Å². The summed E-state index contributed by atoms with van der Waals surface area (Å²) in [5.74, 6) is -0.958. The molecule has 0 radical (unpaired) electrons. The molecule has 7 heteroatoms. The summed E-state index contributed by atoms with van der Waals surface area (Å²) in [4.78, 5) is 12.8. The van der Waals surface area contributed by atoms with E-state index in [0.717, 1.165) is 0 Å². The Morgan fingerprint density at radius 2 is 2.11 bits per heavy atom. The minimum Gasteiger partial charge on any atom is -0.481 e. The molecule has 1 aliphatic heterocycles. The highest BCUT2D eigenvalue weighted by molar-refractivity contribution is 5.75. The van der Waals surface area contributed by atoms with Crippen molar-refractivity contribution >= 4 is 5.97 Å². The van der Waals surface area contributed by atoms with E-state index in [9.17, 15) is 23.1 Å². The first-order chi connectivity index (χ1) is 8.71. The van der Waals surface area contributed by atoms with Crippen LogP contribution in [-0.2, 0) is 4.79 Å². The Morgan fingerprint density at radius 1 is 1.47 bits per heavy atom. The van der Waals surface area contributed by atoms with E-state index in [0.29, 0.717) is 32.2 Å². The molecule has 2 unspecified atom stereocenters. The van der Waals surface area contributed by atoms with Gasteiger partial charge in [0, 0.05) is 13.1 Å². The Morgan fingerprint density at radius 3 is 2.58 bits per heavy atom. The molecule has 0 aromatic carbocycles. The van der Waals surface area contributed by atoms with E-state index in [1.807, 2.05) is 6.92 Å². The smallest absolute Gasteiger partial charge is 0.415 e. The fourth-order valence-corrected chi connectivity index (χ4v) is 2.70. The molecule has 2 atom stereocenters. The van der Waals surface area contributed by atoms with Gasteiger partial charge in [0.15, 0.2) is 6.10 Å². The summed E-state index contributed by atoms with van der Waals surface area (Å²) in [6.07, 6.45) is -4.94. The van der Waals surface area contributed by atoms with Gasteiger partial charge in [-0.1, -0.05) is 13.3 Å². The molecule has 1 rings (SSSR count). The predicted molar refractivity (Wildman–Crippen MR) is 62.7 cm³/mol. The van der Waals surface area contributed by atoms with Crippen LogP contribution >= 0.6 is 0 Å². The Balaban J connectivity index is 2.70. The number of halogens is 3. The first kappa shape index (κ1) is 16.2. The molecule has 0 aliphatic carbocycles. The maximum atomic E-state index is 12.3. The minimum atomic E-state index is -4.66. The van der Waals surface area contributed by atoms with E-state index in [1.165, 1.54) is 4.90 Å². The summed E-state index contributed by atoms with van der Waals surface area (Å²) in [6.45, 7) is 1.77. The number of alkyl halides is 3. The molecule has 1 aliphatic rings. The van der Waals surface area contributed by atoms with Crippen LogP contribution in [0.25, 0.3) is 0 Å². The van der Waals surface area contributed by atoms with Crippen LogP contribution in [0.1, 0.15) is 32.6 Å². The molecule has 0 aromatic heterocycles. The van der Waals surface area contributed by atoms with E-state index >= 15 is 0 Å². The highest BCUT2D eigenvalue weighted by atomic mass is 19.4. The lowest BCUT2D eigenvalue weighted by Gasteiger charge is -2.40. The SMILES string of the molecule is CCCC1(C(=O)O)CCCN(CC(O)C(F)(F)F)C1. The molecule has 19 heavy (non-hydrogen) atoms. The van der Waals surface area contributed by atoms with Crippen LogP contribution < -0.4 is 0 Å². The summed E-state index contributed by atoms with van der Waals surface area (Å²) in [5.41, 5.74) is -0.974. The maximum Gasteiger partial charge on any atom is 0.415 e. The van der Waals surface area contributed by atoms with Gasteiger partial charge in [0.25, 0.3) is 0 Å². The number of carbonyl (C=O) groups is 1. The third kappa shape index (κ3) is 4.07. The lowest BCUT2D eigenvalue weighted by molar-refractivity contribution is -0.210. The van der Waals surface area contributed by atoms with Crippen molar-refractivity contribution in [2.45, 2.75) is 44.9 Å². The van der Waals surface area contributed by atoms with Gasteiger partial charge in [-0.05, 0) is 25.8 Å². The van der Waals surface area contributed by atoms with E-state index in [4.69, 9.17) is 5.11 Å². The second kappa shape index (κ2) is 6.09. The monoisotopic (exact) mass is 283 g/mol. The summed E-state index contributed by atoms with van der Waals surface area (Å²) >= 11 is 0. The number of hydrogen-bond acceptors (Lipinski definition) is 3. The molecule has 0 amide bonds. The number of hydrogen-bond donors (Lipinski definition) is 2. The van der Waals surface area contributed by atoms with Gasteiger partial charge in [0.2, 0.25) is 0 Å². The number of carboxylic acids is 1. The zero-order chi connectivity index (χ0) is 14.7. The van der Waals surface area contributed by atoms with E-state index in [-0.39, 0.29) is 6.54 Å². The van der Waals surface area contributed by atoms with Crippen molar-refractivity contribution in [3.63, 3.8) is 0 Å². The van der Waals surface area contributed by atoms with Crippen molar-refractivity contribution < 1.29 is 28.2 Å². The lowest BCUT2D eigenvalue weighted by atomic mass is 9.76. The molecule has 2 N–H and O–H groups in total. The second-order valence-electron chi connectivity index (χ2n) is 5.23. The second-order valence-corrected chi connectivity index (χ2v) is 5.23. The van der Waals surface area contributed by atoms with Crippen LogP contribution in [0.4, 0.5) is 13.2 Å². The highest BCUT2D eigenvalue weighted by Crippen LogP contribution is 2.35. The number of piperidine rings is 1. The first-order valence-electron chi connectivity index (χ1n) is 6.42. The van der Waals surface area contributed by atoms with Crippen LogP contribution in [0.5, 0.6) is 0 Å². The quantitative estimate of drug-likeness (QED) is 0.808. The fraction of sp³-hybridized carbons (Fsp3) is 0.917. The predicted octanol–water partition coefficient (Wildman–Crippen LogP) is 1.88. The third-order valence-corrected chi connectivity index (χ3v) is 3.65. The molecule has 0 aromatic rings. The average Bonchev–Trinajstić information content (AvgIpc) is 2.28. The van der Waals surface area contributed by atoms with Crippen molar-refractivity contribution in [2.75, 3.05) is 19.6 Å². The fourth-order valence-electron chi connectivity index (χ4n) is 2.70. The molecule has 1 fully saturated rings. The number of likely N-dealkylation sites (tertiary alicyclic amines) is 1. The van der Waals surface area contributed by atoms with Crippen LogP contribution in [0.3, 0.4) is 0 Å². The molecule has 4 nitrogen and oxygen atoms in total. The standard InChI is InChI=1S/C12H20F3NO3/c1-2-4-11(10(18)19)5-3-6-16(8-11)7-9(17)12(13,14)15/h9,17H,2-8H2,1H3,(H,18,19). The highest BCUT2D eigenvalue weighted by Gasteiger charge is 2.44. The van der Waals surface area contributed by atoms with Gasteiger partial charge in [-0.25, -0.2) is 0 Å².